The fourth-order valence-electron chi connectivity index (χ4n) is 4.73. The molecule has 1 aromatic heterocycles. The van der Waals surface area contributed by atoms with Gasteiger partial charge in [0, 0.05) is 35.1 Å². The van der Waals surface area contributed by atoms with Crippen molar-refractivity contribution < 1.29 is 27.8 Å². The van der Waals surface area contributed by atoms with E-state index < -0.39 is 18.7 Å². The number of likely N-dealkylation sites (tertiary alicyclic amines) is 1. The van der Waals surface area contributed by atoms with Gasteiger partial charge in [-0.05, 0) is 61.4 Å². The summed E-state index contributed by atoms with van der Waals surface area (Å²) in [5.74, 6) is 5.69. The van der Waals surface area contributed by atoms with Gasteiger partial charge in [-0.1, -0.05) is 12.0 Å². The number of methoxy groups -OCH3 is 1. The number of benzene rings is 2. The number of aromatic nitrogens is 1. The highest BCUT2D eigenvalue weighted by molar-refractivity contribution is 7.98. The van der Waals surface area contributed by atoms with E-state index in [0.717, 1.165) is 29.1 Å². The third-order valence-corrected chi connectivity index (χ3v) is 7.31. The number of hydrogen-bond donors (Lipinski definition) is 3. The van der Waals surface area contributed by atoms with Crippen LogP contribution in [0.25, 0.3) is 10.9 Å². The van der Waals surface area contributed by atoms with Gasteiger partial charge < -0.3 is 25.0 Å². The van der Waals surface area contributed by atoms with Gasteiger partial charge in [0.2, 0.25) is 0 Å². The lowest BCUT2D eigenvalue weighted by atomic mass is 10.0. The van der Waals surface area contributed by atoms with Crippen LogP contribution in [0.2, 0.25) is 0 Å². The normalized spacial score (nSPS) is 14.6. The highest BCUT2D eigenvalue weighted by Crippen LogP contribution is 2.32. The maximum absolute atomic E-state index is 13.5. The molecule has 11 heteroatoms. The Bertz CT molecular complexity index is 1370. The number of ether oxygens (including phenoxy) is 1. The number of anilines is 2. The second kappa shape index (κ2) is 12.6. The molecule has 39 heavy (non-hydrogen) atoms. The van der Waals surface area contributed by atoms with Crippen LogP contribution in [0.15, 0.2) is 47.4 Å². The molecule has 0 saturated carbocycles. The number of carboxylic acids is 1. The lowest BCUT2D eigenvalue weighted by Crippen LogP contribution is -2.41. The fraction of sp³-hybridized carbons (Fsp3) is 0.393. The number of hydrogen-bond acceptors (Lipinski definition) is 6. The van der Waals surface area contributed by atoms with Gasteiger partial charge in [0.1, 0.15) is 12.3 Å². The summed E-state index contributed by atoms with van der Waals surface area (Å²) in [6.07, 6.45) is -0.952. The van der Waals surface area contributed by atoms with Crippen LogP contribution in [0.4, 0.5) is 24.5 Å². The van der Waals surface area contributed by atoms with Crippen molar-refractivity contribution in [3.8, 4) is 17.6 Å². The second-order valence-electron chi connectivity index (χ2n) is 9.28. The number of halogens is 3. The molecular formula is C28H31F3N4O3S. The Morgan fingerprint density at radius 1 is 1.18 bits per heavy atom. The topological polar surface area (TPSA) is 78.8 Å². The van der Waals surface area contributed by atoms with Crippen molar-refractivity contribution in [3.63, 3.8) is 0 Å². The molecule has 0 bridgehead atoms. The number of nitrogens with one attached hydrogen (secondary N) is 2. The summed E-state index contributed by atoms with van der Waals surface area (Å²) >= 11 is 1.60. The van der Waals surface area contributed by atoms with Gasteiger partial charge in [-0.25, -0.2) is 0 Å². The molecule has 0 atom stereocenters. The van der Waals surface area contributed by atoms with E-state index in [-0.39, 0.29) is 24.8 Å². The quantitative estimate of drug-likeness (QED) is 0.240. The van der Waals surface area contributed by atoms with Crippen LogP contribution in [0.1, 0.15) is 18.5 Å². The van der Waals surface area contributed by atoms with E-state index in [1.165, 1.54) is 4.57 Å². The molecular weight excluding hydrogens is 529 g/mol. The van der Waals surface area contributed by atoms with E-state index in [1.54, 1.807) is 37.1 Å². The van der Waals surface area contributed by atoms with Crippen LogP contribution >= 0.6 is 11.8 Å². The van der Waals surface area contributed by atoms with Crippen LogP contribution in [-0.4, -0.2) is 72.3 Å². The predicted molar refractivity (Wildman–Crippen MR) is 149 cm³/mol. The highest BCUT2D eigenvalue weighted by Gasteiger charge is 2.30. The maximum atomic E-state index is 13.5. The first-order valence-corrected chi connectivity index (χ1v) is 13.7. The number of thioether (sulfide) groups is 1. The van der Waals surface area contributed by atoms with Crippen molar-refractivity contribution in [1.29, 1.82) is 0 Å². The SMILES string of the molecule is COc1cc(SC)ccc1NCC#Cc1cc2c(NC3CCN(CC(=O)O)CC3)cccc2n1CC(F)(F)F. The molecule has 208 valence electrons. The zero-order valence-electron chi connectivity index (χ0n) is 21.8. The summed E-state index contributed by atoms with van der Waals surface area (Å²) in [5.41, 5.74) is 2.22. The molecule has 3 N–H and O–H groups in total. The molecule has 3 aromatic rings. The number of alkyl halides is 3. The summed E-state index contributed by atoms with van der Waals surface area (Å²) in [6, 6.07) is 12.8. The van der Waals surface area contributed by atoms with Crippen molar-refractivity contribution in [2.45, 2.75) is 36.5 Å². The summed E-state index contributed by atoms with van der Waals surface area (Å²) in [5, 5.41) is 16.3. The fourth-order valence-corrected chi connectivity index (χ4v) is 5.16. The van der Waals surface area contributed by atoms with Crippen molar-refractivity contribution in [3.05, 3.63) is 48.2 Å². The van der Waals surface area contributed by atoms with Crippen molar-refractivity contribution in [2.75, 3.05) is 50.2 Å². The molecule has 1 aliphatic heterocycles. The van der Waals surface area contributed by atoms with Crippen LogP contribution in [0, 0.1) is 11.8 Å². The Hall–Kier alpha value is -3.49. The second-order valence-corrected chi connectivity index (χ2v) is 10.2. The van der Waals surface area contributed by atoms with Crippen LogP contribution < -0.4 is 15.4 Å². The molecule has 1 aliphatic rings. The molecule has 1 fully saturated rings. The molecule has 0 aliphatic carbocycles. The molecule has 2 aromatic carbocycles. The van der Waals surface area contributed by atoms with E-state index in [4.69, 9.17) is 9.84 Å². The van der Waals surface area contributed by atoms with E-state index in [1.807, 2.05) is 35.4 Å². The zero-order chi connectivity index (χ0) is 28.0. The number of fused-ring (bicyclic) bond motifs is 1. The van der Waals surface area contributed by atoms with E-state index >= 15 is 0 Å². The van der Waals surface area contributed by atoms with Gasteiger partial charge in [-0.2, -0.15) is 13.2 Å². The Kier molecular flexibility index (Phi) is 9.20. The van der Waals surface area contributed by atoms with Crippen molar-refractivity contribution in [2.24, 2.45) is 0 Å². The Balaban J connectivity index is 1.54. The Morgan fingerprint density at radius 3 is 2.62 bits per heavy atom. The zero-order valence-corrected chi connectivity index (χ0v) is 22.6. The average Bonchev–Trinajstić information content (AvgIpc) is 3.24. The number of rotatable bonds is 9. The predicted octanol–water partition coefficient (Wildman–Crippen LogP) is 5.36. The van der Waals surface area contributed by atoms with Crippen LogP contribution in [0.3, 0.4) is 0 Å². The molecule has 1 saturated heterocycles. The van der Waals surface area contributed by atoms with Crippen molar-refractivity contribution in [1.82, 2.24) is 9.47 Å². The third kappa shape index (κ3) is 7.55. The van der Waals surface area contributed by atoms with E-state index in [9.17, 15) is 18.0 Å². The molecule has 0 unspecified atom stereocenters. The lowest BCUT2D eigenvalue weighted by Gasteiger charge is -2.32. The standard InChI is InChI=1S/C28H31F3N4O3S/c1-38-26-16-21(39-2)8-9-24(26)32-12-4-5-20-15-22-23(6-3-7-25(22)35(20)18-28(29,30)31)33-19-10-13-34(14-11-19)17-27(36)37/h3,6-9,15-16,19,32-33H,10-14,17-18H2,1-2H3,(H,36,37). The smallest absolute Gasteiger partial charge is 0.406 e. The highest BCUT2D eigenvalue weighted by atomic mass is 32.2. The largest absolute Gasteiger partial charge is 0.495 e. The molecule has 0 spiro atoms. The minimum atomic E-state index is -4.41. The maximum Gasteiger partial charge on any atom is 0.406 e. The first-order chi connectivity index (χ1) is 18.7. The van der Waals surface area contributed by atoms with Crippen LogP contribution in [0.5, 0.6) is 5.75 Å². The van der Waals surface area contributed by atoms with Gasteiger partial charge in [0.05, 0.1) is 37.1 Å². The minimum absolute atomic E-state index is 0.00931. The molecule has 7 nitrogen and oxygen atoms in total. The van der Waals surface area contributed by atoms with E-state index in [0.29, 0.717) is 29.7 Å². The molecule has 0 amide bonds. The average molecular weight is 561 g/mol. The van der Waals surface area contributed by atoms with E-state index in [2.05, 4.69) is 22.5 Å². The number of nitrogens with zero attached hydrogens (tertiary/aromatic N) is 2. The monoisotopic (exact) mass is 560 g/mol. The lowest BCUT2D eigenvalue weighted by molar-refractivity contribution is -0.140. The summed E-state index contributed by atoms with van der Waals surface area (Å²) in [6.45, 7) is 0.375. The van der Waals surface area contributed by atoms with Crippen LogP contribution in [-0.2, 0) is 11.3 Å². The van der Waals surface area contributed by atoms with Gasteiger partial charge in [0.15, 0.2) is 0 Å². The number of carboxylic acid groups (broad SMARTS) is 1. The van der Waals surface area contributed by atoms with Gasteiger partial charge >= 0.3 is 12.1 Å². The third-order valence-electron chi connectivity index (χ3n) is 6.58. The first-order valence-electron chi connectivity index (χ1n) is 12.5. The van der Waals surface area contributed by atoms with Crippen molar-refractivity contribution >= 4 is 40.0 Å². The summed E-state index contributed by atoms with van der Waals surface area (Å²) in [4.78, 5) is 13.9. The molecule has 0 radical (unpaired) electrons. The summed E-state index contributed by atoms with van der Waals surface area (Å²) in [7, 11) is 1.58. The number of aliphatic carboxylic acids is 1. The molecule has 2 heterocycles. The first kappa shape index (κ1) is 28.5. The number of carbonyl (C=O) groups is 1. The minimum Gasteiger partial charge on any atom is -0.495 e. The summed E-state index contributed by atoms with van der Waals surface area (Å²) < 4.78 is 47.2. The van der Waals surface area contributed by atoms with Gasteiger partial charge in [-0.3, -0.25) is 9.69 Å². The number of piperidine rings is 1. The Labute approximate surface area is 229 Å². The molecule has 4 rings (SSSR count). The van der Waals surface area contributed by atoms with Gasteiger partial charge in [0.25, 0.3) is 0 Å². The Morgan fingerprint density at radius 2 is 1.95 bits per heavy atom. The van der Waals surface area contributed by atoms with Gasteiger partial charge in [-0.15, -0.1) is 11.8 Å².